The first-order valence-electron chi connectivity index (χ1n) is 5.98. The summed E-state index contributed by atoms with van der Waals surface area (Å²) in [6, 6.07) is 6.70. The molecular weight excluding hydrogens is 288 g/mol. The average molecular weight is 300 g/mol. The molecular formula is C14H12F4N2O. The van der Waals surface area contributed by atoms with Gasteiger partial charge in [-0.3, -0.25) is 0 Å². The van der Waals surface area contributed by atoms with Gasteiger partial charge in [-0.15, -0.1) is 0 Å². The zero-order valence-electron chi connectivity index (χ0n) is 11.3. The zero-order chi connectivity index (χ0) is 15.6. The van der Waals surface area contributed by atoms with E-state index in [-0.39, 0.29) is 6.54 Å². The predicted molar refractivity (Wildman–Crippen MR) is 69.2 cm³/mol. The molecule has 2 rings (SSSR count). The molecule has 3 nitrogen and oxygen atoms in total. The lowest BCUT2D eigenvalue weighted by molar-refractivity contribution is 0.407. The van der Waals surface area contributed by atoms with Crippen molar-refractivity contribution in [2.45, 2.75) is 6.54 Å². The van der Waals surface area contributed by atoms with Crippen LogP contribution in [0.15, 0.2) is 24.3 Å². The Balaban J connectivity index is 2.29. The molecule has 0 N–H and O–H groups in total. The summed E-state index contributed by atoms with van der Waals surface area (Å²) in [4.78, 5) is 3.59. The fourth-order valence-electron chi connectivity index (χ4n) is 1.90. The molecule has 1 aromatic heterocycles. The van der Waals surface area contributed by atoms with E-state index >= 15 is 0 Å². The maximum absolute atomic E-state index is 13.6. The molecule has 112 valence electrons. The molecule has 0 atom stereocenters. The van der Waals surface area contributed by atoms with Gasteiger partial charge in [0.25, 0.3) is 11.9 Å². The topological polar surface area (TPSA) is 25.4 Å². The largest absolute Gasteiger partial charge is 0.497 e. The second kappa shape index (κ2) is 5.99. The van der Waals surface area contributed by atoms with Crippen LogP contribution in [0.3, 0.4) is 0 Å². The highest BCUT2D eigenvalue weighted by atomic mass is 19.2. The van der Waals surface area contributed by atoms with Gasteiger partial charge in [0.05, 0.1) is 7.11 Å². The van der Waals surface area contributed by atoms with Gasteiger partial charge in [-0.2, -0.15) is 22.5 Å². The fraction of sp³-hybridized carbons (Fsp3) is 0.214. The Morgan fingerprint density at radius 2 is 1.52 bits per heavy atom. The number of anilines is 1. The Hall–Kier alpha value is -2.31. The second-order valence-corrected chi connectivity index (χ2v) is 4.37. The molecule has 0 aliphatic heterocycles. The summed E-state index contributed by atoms with van der Waals surface area (Å²) in [5, 5.41) is 0. The van der Waals surface area contributed by atoms with Gasteiger partial charge in [0, 0.05) is 13.6 Å². The first-order chi connectivity index (χ1) is 9.93. The SMILES string of the molecule is COc1ccc(CN(C)c2c(F)c(F)nc(F)c2F)cc1. The van der Waals surface area contributed by atoms with E-state index in [2.05, 4.69) is 4.98 Å². The molecule has 2 aromatic rings. The fourth-order valence-corrected chi connectivity index (χ4v) is 1.90. The van der Waals surface area contributed by atoms with E-state index in [1.165, 1.54) is 14.2 Å². The Labute approximate surface area is 118 Å². The number of halogens is 4. The van der Waals surface area contributed by atoms with Crippen LogP contribution < -0.4 is 9.64 Å². The number of ether oxygens (including phenoxy) is 1. The first-order valence-corrected chi connectivity index (χ1v) is 5.98. The van der Waals surface area contributed by atoms with E-state index in [1.807, 2.05) is 0 Å². The molecule has 21 heavy (non-hydrogen) atoms. The number of benzene rings is 1. The van der Waals surface area contributed by atoms with Crippen LogP contribution in [-0.2, 0) is 6.54 Å². The summed E-state index contributed by atoms with van der Waals surface area (Å²) in [6.45, 7) is 0.0563. The number of methoxy groups -OCH3 is 1. The molecule has 0 fully saturated rings. The number of rotatable bonds is 4. The van der Waals surface area contributed by atoms with Crippen LogP contribution in [0.5, 0.6) is 5.75 Å². The van der Waals surface area contributed by atoms with Crippen molar-refractivity contribution in [3.05, 3.63) is 53.4 Å². The summed E-state index contributed by atoms with van der Waals surface area (Å²) in [6.07, 6.45) is 0. The van der Waals surface area contributed by atoms with Crippen LogP contribution in [0.2, 0.25) is 0 Å². The standard InChI is InChI=1S/C14H12F4N2O/c1-20(7-8-3-5-9(21-2)6-4-8)12-10(15)13(17)19-14(18)11(12)16/h3-6H,7H2,1-2H3. The molecule has 7 heteroatoms. The molecule has 0 saturated carbocycles. The summed E-state index contributed by atoms with van der Waals surface area (Å²) in [5.74, 6) is -5.77. The lowest BCUT2D eigenvalue weighted by atomic mass is 10.2. The Bertz CT molecular complexity index is 620. The molecule has 1 heterocycles. The van der Waals surface area contributed by atoms with Crippen molar-refractivity contribution in [2.75, 3.05) is 19.1 Å². The number of hydrogen-bond donors (Lipinski definition) is 0. The van der Waals surface area contributed by atoms with E-state index in [0.29, 0.717) is 11.3 Å². The molecule has 1 aromatic carbocycles. The Morgan fingerprint density at radius 1 is 1.00 bits per heavy atom. The number of nitrogens with zero attached hydrogens (tertiary/aromatic N) is 2. The van der Waals surface area contributed by atoms with Crippen molar-refractivity contribution in [1.29, 1.82) is 0 Å². The minimum absolute atomic E-state index is 0.0563. The minimum atomic E-state index is -1.68. The maximum atomic E-state index is 13.6. The van der Waals surface area contributed by atoms with Gasteiger partial charge in [-0.25, -0.2) is 0 Å². The van der Waals surface area contributed by atoms with Crippen molar-refractivity contribution in [3.63, 3.8) is 0 Å². The van der Waals surface area contributed by atoms with Gasteiger partial charge >= 0.3 is 0 Å². The van der Waals surface area contributed by atoms with Crippen LogP contribution in [0.1, 0.15) is 5.56 Å². The second-order valence-electron chi connectivity index (χ2n) is 4.37. The lowest BCUT2D eigenvalue weighted by Gasteiger charge is -2.20. The zero-order valence-corrected chi connectivity index (χ0v) is 11.3. The van der Waals surface area contributed by atoms with Gasteiger partial charge in [0.15, 0.2) is 0 Å². The highest BCUT2D eigenvalue weighted by Crippen LogP contribution is 2.26. The van der Waals surface area contributed by atoms with Crippen molar-refractivity contribution in [1.82, 2.24) is 4.98 Å². The quantitative estimate of drug-likeness (QED) is 0.640. The number of pyridine rings is 1. The van der Waals surface area contributed by atoms with E-state index in [9.17, 15) is 17.6 Å². The molecule has 0 saturated heterocycles. The van der Waals surface area contributed by atoms with E-state index < -0.39 is 29.2 Å². The van der Waals surface area contributed by atoms with Gasteiger partial charge < -0.3 is 9.64 Å². The molecule has 0 aliphatic carbocycles. The van der Waals surface area contributed by atoms with Gasteiger partial charge in [-0.05, 0) is 17.7 Å². The van der Waals surface area contributed by atoms with E-state index in [4.69, 9.17) is 4.74 Å². The molecule has 0 unspecified atom stereocenters. The molecule has 0 amide bonds. The van der Waals surface area contributed by atoms with Crippen LogP contribution in [-0.4, -0.2) is 19.1 Å². The number of hydrogen-bond acceptors (Lipinski definition) is 3. The smallest absolute Gasteiger partial charge is 0.253 e. The third-order valence-corrected chi connectivity index (χ3v) is 2.93. The third kappa shape index (κ3) is 3.07. The third-order valence-electron chi connectivity index (χ3n) is 2.93. The first kappa shape index (κ1) is 15.1. The van der Waals surface area contributed by atoms with Crippen molar-refractivity contribution < 1.29 is 22.3 Å². The molecule has 0 radical (unpaired) electrons. The summed E-state index contributed by atoms with van der Waals surface area (Å²) in [5.41, 5.74) is -0.106. The summed E-state index contributed by atoms with van der Waals surface area (Å²) >= 11 is 0. The van der Waals surface area contributed by atoms with Crippen molar-refractivity contribution >= 4 is 5.69 Å². The van der Waals surface area contributed by atoms with Crippen LogP contribution >= 0.6 is 0 Å². The number of aromatic nitrogens is 1. The minimum Gasteiger partial charge on any atom is -0.497 e. The predicted octanol–water partition coefficient (Wildman–Crippen LogP) is 3.28. The normalized spacial score (nSPS) is 10.6. The summed E-state index contributed by atoms with van der Waals surface area (Å²) < 4.78 is 58.4. The van der Waals surface area contributed by atoms with E-state index in [1.54, 1.807) is 24.3 Å². The maximum Gasteiger partial charge on any atom is 0.253 e. The molecule has 0 aliphatic rings. The van der Waals surface area contributed by atoms with Crippen molar-refractivity contribution in [2.24, 2.45) is 0 Å². The Kier molecular flexibility index (Phi) is 4.30. The highest BCUT2D eigenvalue weighted by Gasteiger charge is 2.23. The van der Waals surface area contributed by atoms with Crippen LogP contribution in [0.25, 0.3) is 0 Å². The van der Waals surface area contributed by atoms with Gasteiger partial charge in [0.1, 0.15) is 11.4 Å². The molecule has 0 spiro atoms. The monoisotopic (exact) mass is 300 g/mol. The van der Waals surface area contributed by atoms with Crippen LogP contribution in [0.4, 0.5) is 23.2 Å². The van der Waals surface area contributed by atoms with Gasteiger partial charge in [-0.1, -0.05) is 12.1 Å². The lowest BCUT2D eigenvalue weighted by Crippen LogP contribution is -2.21. The van der Waals surface area contributed by atoms with Crippen LogP contribution in [0, 0.1) is 23.5 Å². The summed E-state index contributed by atoms with van der Waals surface area (Å²) in [7, 11) is 2.83. The van der Waals surface area contributed by atoms with Gasteiger partial charge in [0.2, 0.25) is 11.6 Å². The average Bonchev–Trinajstić information content (AvgIpc) is 2.46. The van der Waals surface area contributed by atoms with Crippen molar-refractivity contribution in [3.8, 4) is 5.75 Å². The Morgan fingerprint density at radius 3 is 2.00 bits per heavy atom. The van der Waals surface area contributed by atoms with E-state index in [0.717, 1.165) is 4.90 Å². The highest BCUT2D eigenvalue weighted by molar-refractivity contribution is 5.48. The molecule has 0 bridgehead atoms.